The Morgan fingerprint density at radius 1 is 0.719 bits per heavy atom. The molecule has 3 aromatic carbocycles. The highest BCUT2D eigenvalue weighted by Crippen LogP contribution is 2.32. The van der Waals surface area contributed by atoms with Crippen molar-refractivity contribution in [2.45, 2.75) is 4.90 Å². The molecule has 0 spiro atoms. The zero-order valence-electron chi connectivity index (χ0n) is 16.7. The number of carbonyl (C=O) groups is 2. The number of amides is 2. The van der Waals surface area contributed by atoms with Crippen LogP contribution in [-0.4, -0.2) is 33.4 Å². The molecule has 0 unspecified atom stereocenters. The van der Waals surface area contributed by atoms with Gasteiger partial charge < -0.3 is 9.47 Å². The second kappa shape index (κ2) is 8.98. The van der Waals surface area contributed by atoms with Crippen LogP contribution in [0.2, 0.25) is 0 Å². The summed E-state index contributed by atoms with van der Waals surface area (Å²) in [6.45, 7) is 0.736. The fraction of sp³-hybridized carbons (Fsp3) is 0.0909. The van der Waals surface area contributed by atoms with Crippen LogP contribution in [0.1, 0.15) is 20.7 Å². The van der Waals surface area contributed by atoms with Gasteiger partial charge in [0.15, 0.2) is 11.5 Å². The number of anilines is 1. The van der Waals surface area contributed by atoms with Crippen molar-refractivity contribution in [3.63, 3.8) is 0 Å². The minimum Gasteiger partial charge on any atom is -0.486 e. The van der Waals surface area contributed by atoms with E-state index in [1.807, 2.05) is 0 Å². The van der Waals surface area contributed by atoms with Crippen LogP contribution < -0.4 is 25.0 Å². The summed E-state index contributed by atoms with van der Waals surface area (Å²) in [5.41, 5.74) is 5.34. The molecule has 9 nitrogen and oxygen atoms in total. The smallest absolute Gasteiger partial charge is 0.269 e. The molecule has 164 valence electrons. The lowest BCUT2D eigenvalue weighted by molar-refractivity contribution is 0.0846. The fourth-order valence-electron chi connectivity index (χ4n) is 2.98. The quantitative estimate of drug-likeness (QED) is 0.510. The summed E-state index contributed by atoms with van der Waals surface area (Å²) >= 11 is 0. The van der Waals surface area contributed by atoms with Gasteiger partial charge in [0, 0.05) is 22.9 Å². The Morgan fingerprint density at radius 3 is 2.12 bits per heavy atom. The molecule has 3 aromatic rings. The number of carbonyl (C=O) groups excluding carboxylic acids is 2. The molecular weight excluding hydrogens is 434 g/mol. The molecule has 1 aliphatic rings. The zero-order valence-corrected chi connectivity index (χ0v) is 17.5. The molecular formula is C22H19N3O6S. The van der Waals surface area contributed by atoms with Crippen molar-refractivity contribution in [1.82, 2.24) is 10.9 Å². The van der Waals surface area contributed by atoms with Crippen molar-refractivity contribution in [2.75, 3.05) is 17.9 Å². The van der Waals surface area contributed by atoms with Crippen molar-refractivity contribution >= 4 is 27.5 Å². The maximum absolute atomic E-state index is 12.8. The molecule has 10 heteroatoms. The average molecular weight is 453 g/mol. The van der Waals surface area contributed by atoms with Gasteiger partial charge in [-0.25, -0.2) is 8.42 Å². The van der Waals surface area contributed by atoms with Gasteiger partial charge in [-0.2, -0.15) is 0 Å². The summed E-state index contributed by atoms with van der Waals surface area (Å²) in [4.78, 5) is 24.4. The molecule has 32 heavy (non-hydrogen) atoms. The van der Waals surface area contributed by atoms with Crippen LogP contribution in [0.25, 0.3) is 0 Å². The molecule has 0 saturated heterocycles. The van der Waals surface area contributed by atoms with Crippen LogP contribution in [0.15, 0.2) is 77.7 Å². The molecule has 2 amide bonds. The Bertz CT molecular complexity index is 1260. The molecule has 0 radical (unpaired) electrons. The van der Waals surface area contributed by atoms with Gasteiger partial charge >= 0.3 is 0 Å². The van der Waals surface area contributed by atoms with Gasteiger partial charge in [-0.1, -0.05) is 24.3 Å². The average Bonchev–Trinajstić information content (AvgIpc) is 2.82. The first-order valence-electron chi connectivity index (χ1n) is 9.61. The second-order valence-corrected chi connectivity index (χ2v) is 8.45. The van der Waals surface area contributed by atoms with Crippen LogP contribution in [0.3, 0.4) is 0 Å². The minimum atomic E-state index is -3.94. The highest BCUT2D eigenvalue weighted by atomic mass is 32.2. The number of nitrogens with one attached hydrogen (secondary N) is 3. The van der Waals surface area contributed by atoms with E-state index in [2.05, 4.69) is 15.6 Å². The molecule has 3 N–H and O–H groups in total. The van der Waals surface area contributed by atoms with Gasteiger partial charge in [0.25, 0.3) is 21.8 Å². The molecule has 1 aliphatic heterocycles. The number of sulfonamides is 1. The van der Waals surface area contributed by atoms with Crippen molar-refractivity contribution in [3.05, 3.63) is 83.9 Å². The van der Waals surface area contributed by atoms with Crippen molar-refractivity contribution < 1.29 is 27.5 Å². The zero-order chi connectivity index (χ0) is 22.6. The fourth-order valence-corrected chi connectivity index (χ4v) is 4.04. The van der Waals surface area contributed by atoms with E-state index in [-0.39, 0.29) is 16.1 Å². The first kappa shape index (κ1) is 21.2. The van der Waals surface area contributed by atoms with Crippen LogP contribution in [0.4, 0.5) is 5.69 Å². The molecule has 0 atom stereocenters. The Kier molecular flexibility index (Phi) is 5.95. The number of rotatable bonds is 5. The SMILES string of the molecule is O=C(NNC(=O)c1cccc(NS(=O)(=O)c2ccc3c(c2)OCCO3)c1)c1ccccc1. The third-order valence-corrected chi connectivity index (χ3v) is 5.91. The van der Waals surface area contributed by atoms with Crippen LogP contribution in [-0.2, 0) is 10.0 Å². The lowest BCUT2D eigenvalue weighted by atomic mass is 10.2. The number of hydrazine groups is 1. The lowest BCUT2D eigenvalue weighted by Gasteiger charge is -2.19. The summed E-state index contributed by atoms with van der Waals surface area (Å²) in [7, 11) is -3.94. The highest BCUT2D eigenvalue weighted by Gasteiger charge is 2.20. The van der Waals surface area contributed by atoms with Crippen molar-refractivity contribution in [1.29, 1.82) is 0 Å². The molecule has 0 aromatic heterocycles. The van der Waals surface area contributed by atoms with Gasteiger partial charge in [-0.15, -0.1) is 0 Å². The molecule has 0 saturated carbocycles. The topological polar surface area (TPSA) is 123 Å². The van der Waals surface area contributed by atoms with Crippen LogP contribution in [0.5, 0.6) is 11.5 Å². The predicted octanol–water partition coefficient (Wildman–Crippen LogP) is 2.33. The molecule has 1 heterocycles. The number of fused-ring (bicyclic) bond motifs is 1. The minimum absolute atomic E-state index is 0.00766. The Labute approximate surface area is 184 Å². The Hall–Kier alpha value is -4.05. The summed E-state index contributed by atoms with van der Waals surface area (Å²) in [6.07, 6.45) is 0. The first-order chi connectivity index (χ1) is 15.4. The Balaban J connectivity index is 1.44. The van der Waals surface area contributed by atoms with E-state index >= 15 is 0 Å². The monoisotopic (exact) mass is 453 g/mol. The van der Waals surface area contributed by atoms with E-state index in [9.17, 15) is 18.0 Å². The summed E-state index contributed by atoms with van der Waals surface area (Å²) < 4.78 is 38.8. The normalized spacial score (nSPS) is 12.5. The van der Waals surface area contributed by atoms with Crippen LogP contribution in [0, 0.1) is 0 Å². The maximum atomic E-state index is 12.8. The van der Waals surface area contributed by atoms with Gasteiger partial charge in [-0.05, 0) is 42.5 Å². The van der Waals surface area contributed by atoms with E-state index in [4.69, 9.17) is 9.47 Å². The number of hydrogen-bond acceptors (Lipinski definition) is 6. The maximum Gasteiger partial charge on any atom is 0.269 e. The molecule has 0 bridgehead atoms. The van der Waals surface area contributed by atoms with E-state index < -0.39 is 21.8 Å². The summed E-state index contributed by atoms with van der Waals surface area (Å²) in [5.74, 6) is -0.253. The number of benzene rings is 3. The Morgan fingerprint density at radius 2 is 1.38 bits per heavy atom. The molecule has 0 aliphatic carbocycles. The predicted molar refractivity (Wildman–Crippen MR) is 116 cm³/mol. The van der Waals surface area contributed by atoms with Gasteiger partial charge in [0.1, 0.15) is 13.2 Å². The number of hydrogen-bond donors (Lipinski definition) is 3. The van der Waals surface area contributed by atoms with Gasteiger partial charge in [0.05, 0.1) is 4.90 Å². The molecule has 0 fully saturated rings. The lowest BCUT2D eigenvalue weighted by Crippen LogP contribution is -2.41. The summed E-state index contributed by atoms with van der Waals surface area (Å²) in [5, 5.41) is 0. The van der Waals surface area contributed by atoms with Gasteiger partial charge in [-0.3, -0.25) is 25.2 Å². The largest absolute Gasteiger partial charge is 0.486 e. The van der Waals surface area contributed by atoms with E-state index in [0.29, 0.717) is 30.3 Å². The van der Waals surface area contributed by atoms with Crippen molar-refractivity contribution in [2.24, 2.45) is 0 Å². The third-order valence-electron chi connectivity index (χ3n) is 4.53. The van der Waals surface area contributed by atoms with E-state index in [0.717, 1.165) is 0 Å². The highest BCUT2D eigenvalue weighted by molar-refractivity contribution is 7.92. The first-order valence-corrected chi connectivity index (χ1v) is 11.1. The summed E-state index contributed by atoms with van der Waals surface area (Å²) in [6, 6.07) is 18.6. The number of ether oxygens (including phenoxy) is 2. The van der Waals surface area contributed by atoms with E-state index in [1.54, 1.807) is 30.3 Å². The van der Waals surface area contributed by atoms with Gasteiger partial charge in [0.2, 0.25) is 0 Å². The third kappa shape index (κ3) is 4.81. The molecule has 4 rings (SSSR count). The van der Waals surface area contributed by atoms with Crippen LogP contribution >= 0.6 is 0 Å². The second-order valence-electron chi connectivity index (χ2n) is 6.77. The standard InChI is InChI=1S/C22H19N3O6S/c26-21(15-5-2-1-3-6-15)23-24-22(27)16-7-4-8-17(13-16)25-32(28,29)18-9-10-19-20(14-18)31-12-11-30-19/h1-10,13-14,25H,11-12H2,(H,23,26)(H,24,27). The van der Waals surface area contributed by atoms with Crippen molar-refractivity contribution in [3.8, 4) is 11.5 Å². The van der Waals surface area contributed by atoms with E-state index in [1.165, 1.54) is 42.5 Å².